The molecule has 0 N–H and O–H groups in total. The van der Waals surface area contributed by atoms with Crippen LogP contribution in [0.3, 0.4) is 0 Å². The molecule has 3 nitrogen and oxygen atoms in total. The number of carbonyl (C=O) groups is 1. The summed E-state index contributed by atoms with van der Waals surface area (Å²) in [6, 6.07) is 1.23. The molecule has 0 atom stereocenters. The van der Waals surface area contributed by atoms with E-state index in [1.165, 1.54) is 0 Å². The van der Waals surface area contributed by atoms with Gasteiger partial charge in [0.1, 0.15) is 11.6 Å². The van der Waals surface area contributed by atoms with Gasteiger partial charge in [-0.2, -0.15) is 13.2 Å². The Kier molecular flexibility index (Phi) is 3.80. The lowest BCUT2D eigenvalue weighted by Crippen LogP contribution is -2.16. The summed E-state index contributed by atoms with van der Waals surface area (Å²) < 4.78 is 71.7. The highest BCUT2D eigenvalue weighted by Gasteiger charge is 2.32. The van der Waals surface area contributed by atoms with Gasteiger partial charge < -0.3 is 0 Å². The minimum Gasteiger partial charge on any atom is -0.293 e. The predicted octanol–water partition coefficient (Wildman–Crippen LogP) is 2.07. The Morgan fingerprint density at radius 3 is 2.22 bits per heavy atom. The standard InChI is InChI=1S/C10H8F4O3S/c1-18(16,17)5-9(15)6-2-7(10(12,13)14)4-8(11)3-6/h2-4H,5H2,1H3. The van der Waals surface area contributed by atoms with E-state index in [-0.39, 0.29) is 6.07 Å². The molecule has 0 aliphatic rings. The summed E-state index contributed by atoms with van der Waals surface area (Å²) in [6.45, 7) is 0. The highest BCUT2D eigenvalue weighted by atomic mass is 32.2. The van der Waals surface area contributed by atoms with Crippen LogP contribution in [0.2, 0.25) is 0 Å². The van der Waals surface area contributed by atoms with E-state index in [2.05, 4.69) is 0 Å². The lowest BCUT2D eigenvalue weighted by molar-refractivity contribution is -0.137. The summed E-state index contributed by atoms with van der Waals surface area (Å²) in [5.41, 5.74) is -1.95. The second-order valence-electron chi connectivity index (χ2n) is 3.72. The van der Waals surface area contributed by atoms with Crippen LogP contribution in [0, 0.1) is 5.82 Å². The van der Waals surface area contributed by atoms with E-state index in [1.807, 2.05) is 0 Å². The fourth-order valence-electron chi connectivity index (χ4n) is 1.24. The monoisotopic (exact) mass is 284 g/mol. The molecule has 0 fully saturated rings. The van der Waals surface area contributed by atoms with E-state index in [0.29, 0.717) is 12.1 Å². The average Bonchev–Trinajstić information content (AvgIpc) is 2.12. The number of carbonyl (C=O) groups excluding carboxylic acids is 1. The molecule has 1 aromatic rings. The SMILES string of the molecule is CS(=O)(=O)CC(=O)c1cc(F)cc(C(F)(F)F)c1. The van der Waals surface area contributed by atoms with Gasteiger partial charge in [-0.3, -0.25) is 4.79 Å². The van der Waals surface area contributed by atoms with E-state index < -0.39 is 44.5 Å². The maximum Gasteiger partial charge on any atom is 0.416 e. The number of ketones is 1. The largest absolute Gasteiger partial charge is 0.416 e. The van der Waals surface area contributed by atoms with Crippen molar-refractivity contribution in [3.8, 4) is 0 Å². The minimum absolute atomic E-state index is 0.233. The molecule has 0 saturated heterocycles. The van der Waals surface area contributed by atoms with Crippen molar-refractivity contribution in [2.24, 2.45) is 0 Å². The highest BCUT2D eigenvalue weighted by molar-refractivity contribution is 7.91. The second kappa shape index (κ2) is 4.68. The first-order valence-electron chi connectivity index (χ1n) is 4.58. The molecule has 8 heteroatoms. The molecule has 1 aromatic carbocycles. The first kappa shape index (κ1) is 14.6. The number of alkyl halides is 3. The van der Waals surface area contributed by atoms with Gasteiger partial charge in [-0.25, -0.2) is 12.8 Å². The van der Waals surface area contributed by atoms with Crippen molar-refractivity contribution in [3.63, 3.8) is 0 Å². The molecule has 0 amide bonds. The zero-order valence-corrected chi connectivity index (χ0v) is 9.90. The Bertz CT molecular complexity index is 575. The van der Waals surface area contributed by atoms with Crippen molar-refractivity contribution in [3.05, 3.63) is 35.1 Å². The number of hydrogen-bond acceptors (Lipinski definition) is 3. The Morgan fingerprint density at radius 2 is 1.78 bits per heavy atom. The Morgan fingerprint density at radius 1 is 1.22 bits per heavy atom. The van der Waals surface area contributed by atoms with Crippen molar-refractivity contribution in [2.75, 3.05) is 12.0 Å². The highest BCUT2D eigenvalue weighted by Crippen LogP contribution is 2.30. The topological polar surface area (TPSA) is 51.2 Å². The molecule has 0 unspecified atom stereocenters. The quantitative estimate of drug-likeness (QED) is 0.630. The average molecular weight is 284 g/mol. The van der Waals surface area contributed by atoms with E-state index in [4.69, 9.17) is 0 Å². The first-order valence-corrected chi connectivity index (χ1v) is 6.64. The summed E-state index contributed by atoms with van der Waals surface area (Å²) in [5.74, 6) is -3.29. The van der Waals surface area contributed by atoms with Gasteiger partial charge in [0, 0.05) is 11.8 Å². The third-order valence-electron chi connectivity index (χ3n) is 1.94. The van der Waals surface area contributed by atoms with E-state index in [0.717, 1.165) is 6.26 Å². The fourth-order valence-corrected chi connectivity index (χ4v) is 1.88. The lowest BCUT2D eigenvalue weighted by Gasteiger charge is -2.08. The Balaban J connectivity index is 3.19. The molecule has 0 saturated carbocycles. The number of Topliss-reactive ketones (excluding diaryl/α,β-unsaturated/α-hetero) is 1. The molecule has 0 heterocycles. The van der Waals surface area contributed by atoms with Crippen molar-refractivity contribution in [1.29, 1.82) is 0 Å². The van der Waals surface area contributed by atoms with Gasteiger partial charge in [-0.05, 0) is 18.2 Å². The van der Waals surface area contributed by atoms with Crippen LogP contribution >= 0.6 is 0 Å². The normalized spacial score (nSPS) is 12.5. The van der Waals surface area contributed by atoms with Gasteiger partial charge in [0.15, 0.2) is 15.6 Å². The summed E-state index contributed by atoms with van der Waals surface area (Å²) in [7, 11) is -3.69. The van der Waals surface area contributed by atoms with Crippen LogP contribution in [0.1, 0.15) is 15.9 Å². The number of halogens is 4. The molecular formula is C10H8F4O3S. The predicted molar refractivity (Wildman–Crippen MR) is 55.4 cm³/mol. The molecule has 0 aliphatic carbocycles. The molecule has 100 valence electrons. The van der Waals surface area contributed by atoms with Crippen LogP contribution in [-0.2, 0) is 16.0 Å². The summed E-state index contributed by atoms with van der Waals surface area (Å²) in [6.07, 6.45) is -4.04. The maximum atomic E-state index is 12.9. The molecule has 0 radical (unpaired) electrons. The van der Waals surface area contributed by atoms with Crippen LogP contribution in [0.5, 0.6) is 0 Å². The molecular weight excluding hydrogens is 276 g/mol. The minimum atomic E-state index is -4.80. The van der Waals surface area contributed by atoms with Crippen LogP contribution in [-0.4, -0.2) is 26.2 Å². The number of sulfone groups is 1. The zero-order chi connectivity index (χ0) is 14.1. The van der Waals surface area contributed by atoms with Crippen molar-refractivity contribution >= 4 is 15.6 Å². The summed E-state index contributed by atoms with van der Waals surface area (Å²) >= 11 is 0. The van der Waals surface area contributed by atoms with Crippen LogP contribution in [0.4, 0.5) is 17.6 Å². The first-order chi connectivity index (χ1) is 7.99. The van der Waals surface area contributed by atoms with Gasteiger partial charge in [0.2, 0.25) is 0 Å². The zero-order valence-electron chi connectivity index (χ0n) is 9.08. The lowest BCUT2D eigenvalue weighted by atomic mass is 10.1. The number of benzene rings is 1. The maximum absolute atomic E-state index is 12.9. The number of rotatable bonds is 3. The van der Waals surface area contributed by atoms with E-state index in [9.17, 15) is 30.8 Å². The van der Waals surface area contributed by atoms with Gasteiger partial charge in [0.25, 0.3) is 0 Å². The van der Waals surface area contributed by atoms with Gasteiger partial charge in [-0.15, -0.1) is 0 Å². The third-order valence-corrected chi connectivity index (χ3v) is 2.73. The fraction of sp³-hybridized carbons (Fsp3) is 0.300. The van der Waals surface area contributed by atoms with Gasteiger partial charge in [-0.1, -0.05) is 0 Å². The van der Waals surface area contributed by atoms with Crippen molar-refractivity contribution in [2.45, 2.75) is 6.18 Å². The number of hydrogen-bond donors (Lipinski definition) is 0. The van der Waals surface area contributed by atoms with Gasteiger partial charge >= 0.3 is 6.18 Å². The van der Waals surface area contributed by atoms with Crippen LogP contribution < -0.4 is 0 Å². The Labute approximate surface area is 100 Å². The molecule has 1 rings (SSSR count). The Hall–Kier alpha value is -1.44. The van der Waals surface area contributed by atoms with E-state index >= 15 is 0 Å². The molecule has 0 aliphatic heterocycles. The summed E-state index contributed by atoms with van der Waals surface area (Å²) in [5, 5.41) is 0. The van der Waals surface area contributed by atoms with Gasteiger partial charge in [0.05, 0.1) is 5.56 Å². The molecule has 18 heavy (non-hydrogen) atoms. The summed E-state index contributed by atoms with van der Waals surface area (Å²) in [4.78, 5) is 11.4. The van der Waals surface area contributed by atoms with Crippen LogP contribution in [0.15, 0.2) is 18.2 Å². The molecule has 0 spiro atoms. The third kappa shape index (κ3) is 4.10. The van der Waals surface area contributed by atoms with Crippen molar-refractivity contribution in [1.82, 2.24) is 0 Å². The smallest absolute Gasteiger partial charge is 0.293 e. The van der Waals surface area contributed by atoms with E-state index in [1.54, 1.807) is 0 Å². The van der Waals surface area contributed by atoms with Crippen molar-refractivity contribution < 1.29 is 30.8 Å². The second-order valence-corrected chi connectivity index (χ2v) is 5.86. The van der Waals surface area contributed by atoms with Crippen LogP contribution in [0.25, 0.3) is 0 Å². The molecule has 0 bridgehead atoms. The molecule has 0 aromatic heterocycles.